The van der Waals surface area contributed by atoms with Crippen molar-refractivity contribution in [2.24, 2.45) is 5.92 Å². The fourth-order valence-corrected chi connectivity index (χ4v) is 14.7. The molecule has 0 bridgehead atoms. The van der Waals surface area contributed by atoms with Crippen LogP contribution in [0.25, 0.3) is 44.1 Å². The molecule has 86 heavy (non-hydrogen) atoms. The summed E-state index contributed by atoms with van der Waals surface area (Å²) in [5.74, 6) is -5.79. The van der Waals surface area contributed by atoms with E-state index in [1.54, 1.807) is 43.6 Å². The van der Waals surface area contributed by atoms with Gasteiger partial charge >= 0.3 is 5.69 Å². The number of hydrogen-bond donors (Lipinski definition) is 0. The minimum Gasteiger partial charge on any atom is -0.488 e. The molecule has 0 aliphatic carbocycles. The summed E-state index contributed by atoms with van der Waals surface area (Å²) < 4.78 is 85.1. The molecule has 4 atom stereocenters. The zero-order chi connectivity index (χ0) is 60.6. The van der Waals surface area contributed by atoms with Gasteiger partial charge in [-0.2, -0.15) is 25.9 Å². The highest BCUT2D eigenvalue weighted by atomic mass is 35.5. The lowest BCUT2D eigenvalue weighted by molar-refractivity contribution is -0.131. The van der Waals surface area contributed by atoms with Crippen LogP contribution in [0.1, 0.15) is 30.5 Å². The van der Waals surface area contributed by atoms with E-state index in [1.807, 2.05) is 15.9 Å². The van der Waals surface area contributed by atoms with Gasteiger partial charge in [-0.3, -0.25) is 33.1 Å². The summed E-state index contributed by atoms with van der Waals surface area (Å²) in [6, 6.07) is 14.5. The molecule has 3 saturated heterocycles. The van der Waals surface area contributed by atoms with E-state index in [1.165, 1.54) is 39.4 Å². The standard InChI is InChI=1S/C60H48Cl2F5N13O5S/c1-31(57(81)77-17-15-75(27-37(77)9-11-69)56-43-21-46(62)50(41-7-5-35(65)19-48(41)67)55-53(43)80(60(84)72-56)39(30-86-55)28-76-13-3-12-71-76)33-23-73(24-33)25-38-29-85-54-49(40-6-4-34(64)18-47(40)66)45(61)20-42-51(44(22-70)59(83)79(38)52(42)54)74-14-16-78(58(82)32(2)63)36(26-74)8-10-68/h3-7,12-13,18-21,33,36-39H,1-2,8-9,14-17,23-30H2/t36-,37-,38?,39?/m0/s1. The van der Waals surface area contributed by atoms with Gasteiger partial charge in [0.15, 0.2) is 11.6 Å². The third-order valence-electron chi connectivity index (χ3n) is 16.7. The fraction of sp³-hybridized carbons (Fsp3) is 0.317. The molecule has 7 aromatic rings. The number of benzene rings is 4. The van der Waals surface area contributed by atoms with Crippen molar-refractivity contribution in [2.75, 3.05) is 81.1 Å². The van der Waals surface area contributed by atoms with Crippen LogP contribution < -0.4 is 25.8 Å². The topological polar surface area (TPSA) is 206 Å². The van der Waals surface area contributed by atoms with E-state index in [9.17, 15) is 48.1 Å². The van der Waals surface area contributed by atoms with Gasteiger partial charge in [0.2, 0.25) is 5.91 Å². The summed E-state index contributed by atoms with van der Waals surface area (Å²) in [7, 11) is 0. The number of carbonyl (C=O) groups excluding carboxylic acids is 2. The predicted molar refractivity (Wildman–Crippen MR) is 311 cm³/mol. The first-order valence-electron chi connectivity index (χ1n) is 27.3. The first-order valence-corrected chi connectivity index (χ1v) is 29.0. The molecular weight excluding hydrogens is 1180 g/mol. The molecule has 438 valence electrons. The largest absolute Gasteiger partial charge is 0.488 e. The Labute approximate surface area is 501 Å². The molecule has 2 unspecified atom stereocenters. The van der Waals surface area contributed by atoms with E-state index in [2.05, 4.69) is 35.4 Å². The SMILES string of the molecule is C=C(F)C(=O)N1CCN(c2c(C#N)c(=O)n3c4c(c(-c5ccc(F)cc5F)c(Cl)cc24)OCC3CN2CC(C(=C)C(=O)N3CCN(c4nc(=O)n5c6c(c(-c7ccc(F)cc7F)c(Cl)cc46)SCC5Cn4cccn4)C[C@@H]3CC#N)C2)C[C@@H]1CC#N. The third kappa shape index (κ3) is 9.95. The molecule has 0 spiro atoms. The number of likely N-dealkylation sites (tertiary alicyclic amines) is 1. The number of hydrogen-bond acceptors (Lipinski definition) is 14. The molecule has 5 aliphatic heterocycles. The Hall–Kier alpha value is -8.73. The monoisotopic (exact) mass is 1230 g/mol. The number of halogens is 7. The van der Waals surface area contributed by atoms with Crippen molar-refractivity contribution >= 4 is 80.1 Å². The number of amides is 2. The van der Waals surface area contributed by atoms with Gasteiger partial charge in [0.05, 0.1) is 82.5 Å². The quantitative estimate of drug-likeness (QED) is 0.0782. The van der Waals surface area contributed by atoms with Crippen LogP contribution in [0.2, 0.25) is 10.0 Å². The summed E-state index contributed by atoms with van der Waals surface area (Å²) in [5, 5.41) is 35.9. The molecule has 0 N–H and O–H groups in total. The van der Waals surface area contributed by atoms with Crippen LogP contribution in [0.3, 0.4) is 0 Å². The molecule has 12 rings (SSSR count). The van der Waals surface area contributed by atoms with Crippen molar-refractivity contribution in [3.05, 3.63) is 151 Å². The highest BCUT2D eigenvalue weighted by molar-refractivity contribution is 7.99. The maximum Gasteiger partial charge on any atom is 0.350 e. The first kappa shape index (κ1) is 57.7. The number of thioether (sulfide) groups is 1. The molecule has 2 amide bonds. The Morgan fingerprint density at radius 1 is 0.744 bits per heavy atom. The number of ether oxygens (including phenoxy) is 1. The minimum atomic E-state index is -1.22. The number of nitrogens with zero attached hydrogens (tertiary/aromatic N) is 13. The summed E-state index contributed by atoms with van der Waals surface area (Å²) in [4.78, 5) is 70.2. The lowest BCUT2D eigenvalue weighted by atomic mass is 9.90. The van der Waals surface area contributed by atoms with Crippen LogP contribution in [0.15, 0.2) is 106 Å². The second kappa shape index (κ2) is 22.9. The molecular formula is C60H48Cl2F5N13O5S. The summed E-state index contributed by atoms with van der Waals surface area (Å²) >= 11 is 15.4. The van der Waals surface area contributed by atoms with Gasteiger partial charge in [0.25, 0.3) is 11.5 Å². The van der Waals surface area contributed by atoms with Gasteiger partial charge in [0, 0.05) is 139 Å². The van der Waals surface area contributed by atoms with Gasteiger partial charge in [-0.25, -0.2) is 26.7 Å². The Kier molecular flexibility index (Phi) is 15.4. The summed E-state index contributed by atoms with van der Waals surface area (Å²) in [6.07, 6.45) is 3.08. The highest BCUT2D eigenvalue weighted by Gasteiger charge is 2.43. The van der Waals surface area contributed by atoms with E-state index in [0.29, 0.717) is 52.8 Å². The second-order valence-electron chi connectivity index (χ2n) is 21.7. The van der Waals surface area contributed by atoms with Crippen LogP contribution in [0, 0.1) is 63.2 Å². The fourth-order valence-electron chi connectivity index (χ4n) is 12.7. The molecule has 3 fully saturated rings. The molecule has 8 heterocycles. The molecule has 26 heteroatoms. The van der Waals surface area contributed by atoms with Crippen molar-refractivity contribution in [2.45, 2.75) is 48.4 Å². The van der Waals surface area contributed by atoms with Gasteiger partial charge in [-0.05, 0) is 42.5 Å². The van der Waals surface area contributed by atoms with Crippen molar-refractivity contribution in [3.8, 4) is 46.2 Å². The van der Waals surface area contributed by atoms with Crippen molar-refractivity contribution in [1.29, 1.82) is 15.8 Å². The molecule has 0 saturated carbocycles. The van der Waals surface area contributed by atoms with Crippen molar-refractivity contribution < 1.29 is 36.3 Å². The maximum absolute atomic E-state index is 15.7. The Morgan fingerprint density at radius 2 is 1.37 bits per heavy atom. The van der Waals surface area contributed by atoms with Gasteiger partial charge < -0.3 is 24.3 Å². The number of anilines is 2. The van der Waals surface area contributed by atoms with E-state index in [-0.39, 0.29) is 143 Å². The molecule has 4 aromatic carbocycles. The average Bonchev–Trinajstić information content (AvgIpc) is 0.767. The lowest BCUT2D eigenvalue weighted by Crippen LogP contribution is -2.58. The third-order valence-corrected chi connectivity index (χ3v) is 18.5. The number of aromatic nitrogens is 5. The van der Waals surface area contributed by atoms with E-state index < -0.39 is 70.4 Å². The van der Waals surface area contributed by atoms with Gasteiger partial charge in [-0.1, -0.05) is 36.4 Å². The zero-order valence-corrected chi connectivity index (χ0v) is 47.8. The van der Waals surface area contributed by atoms with Gasteiger partial charge in [0.1, 0.15) is 47.3 Å². The first-order chi connectivity index (χ1) is 41.4. The van der Waals surface area contributed by atoms with Crippen LogP contribution in [0.4, 0.5) is 33.5 Å². The lowest BCUT2D eigenvalue weighted by Gasteiger charge is -2.46. The van der Waals surface area contributed by atoms with Crippen molar-refractivity contribution in [1.82, 2.24) is 38.6 Å². The van der Waals surface area contributed by atoms with Crippen LogP contribution in [-0.4, -0.2) is 134 Å². The molecule has 0 radical (unpaired) electrons. The number of piperazine rings is 2. The van der Waals surface area contributed by atoms with Gasteiger partial charge in [-0.15, -0.1) is 11.8 Å². The highest BCUT2D eigenvalue weighted by Crippen LogP contribution is 2.51. The van der Waals surface area contributed by atoms with E-state index in [0.717, 1.165) is 18.2 Å². The maximum atomic E-state index is 15.7. The number of pyridine rings is 1. The molecule has 5 aliphatic rings. The average molecular weight is 1230 g/mol. The zero-order valence-electron chi connectivity index (χ0n) is 45.5. The Bertz CT molecular complexity index is 4310. The minimum absolute atomic E-state index is 0.00973. The second-order valence-corrected chi connectivity index (χ2v) is 23.5. The number of carbonyl (C=O) groups is 2. The Morgan fingerprint density at radius 3 is 2.00 bits per heavy atom. The molecule has 3 aromatic heterocycles. The normalized spacial score (nSPS) is 19.4. The molecule has 18 nitrogen and oxygen atoms in total. The smallest absolute Gasteiger partial charge is 0.350 e. The van der Waals surface area contributed by atoms with Crippen molar-refractivity contribution in [3.63, 3.8) is 0 Å². The van der Waals surface area contributed by atoms with Crippen LogP contribution in [-0.2, 0) is 16.1 Å². The van der Waals surface area contributed by atoms with Crippen LogP contribution >= 0.6 is 35.0 Å². The predicted octanol–water partition coefficient (Wildman–Crippen LogP) is 8.79. The van der Waals surface area contributed by atoms with E-state index in [4.69, 9.17) is 27.9 Å². The number of rotatable bonds is 13. The summed E-state index contributed by atoms with van der Waals surface area (Å²) in [6.45, 7) is 8.42. The van der Waals surface area contributed by atoms with E-state index >= 15 is 8.78 Å². The Balaban J connectivity index is 0.813. The summed E-state index contributed by atoms with van der Waals surface area (Å²) in [5.41, 5.74) is -0.427. The van der Waals surface area contributed by atoms with Crippen LogP contribution in [0.5, 0.6) is 5.75 Å². The number of nitriles is 3.